The second-order valence-corrected chi connectivity index (χ2v) is 5.70. The summed E-state index contributed by atoms with van der Waals surface area (Å²) in [5.41, 5.74) is 8.20. The Bertz CT molecular complexity index is 438. The Balaban J connectivity index is 2.45. The molecule has 4 heteroatoms. The van der Waals surface area contributed by atoms with Gasteiger partial charge in [0.2, 0.25) is 5.91 Å². The predicted octanol–water partition coefficient (Wildman–Crippen LogP) is 2.12. The molecule has 1 aromatic rings. The summed E-state index contributed by atoms with van der Waals surface area (Å²) in [7, 11) is 1.76. The van der Waals surface area contributed by atoms with Crippen molar-refractivity contribution in [2.24, 2.45) is 11.7 Å². The maximum absolute atomic E-state index is 12.0. The molecule has 0 spiro atoms. The van der Waals surface area contributed by atoms with Gasteiger partial charge in [-0.1, -0.05) is 19.9 Å². The van der Waals surface area contributed by atoms with Gasteiger partial charge < -0.3 is 15.4 Å². The van der Waals surface area contributed by atoms with Crippen LogP contribution in [0.4, 0.5) is 0 Å². The Morgan fingerprint density at radius 2 is 1.80 bits per heavy atom. The molecule has 0 aliphatic heterocycles. The predicted molar refractivity (Wildman–Crippen MR) is 81.9 cm³/mol. The number of amides is 1. The summed E-state index contributed by atoms with van der Waals surface area (Å²) in [4.78, 5) is 13.6. The molecule has 0 heterocycles. The third-order valence-electron chi connectivity index (χ3n) is 3.27. The van der Waals surface area contributed by atoms with Crippen LogP contribution in [-0.4, -0.2) is 37.0 Å². The molecule has 0 bridgehead atoms. The highest BCUT2D eigenvalue weighted by Gasteiger charge is 2.20. The summed E-state index contributed by atoms with van der Waals surface area (Å²) in [5, 5.41) is 0. The van der Waals surface area contributed by atoms with Gasteiger partial charge >= 0.3 is 0 Å². The molecule has 0 saturated carbocycles. The lowest BCUT2D eigenvalue weighted by atomic mass is 10.0. The normalized spacial score (nSPS) is 12.3. The fourth-order valence-corrected chi connectivity index (χ4v) is 1.97. The van der Waals surface area contributed by atoms with Gasteiger partial charge in [-0.05, 0) is 43.0 Å². The van der Waals surface area contributed by atoms with Crippen LogP contribution >= 0.6 is 0 Å². The third-order valence-corrected chi connectivity index (χ3v) is 3.27. The number of benzene rings is 1. The van der Waals surface area contributed by atoms with E-state index in [1.165, 1.54) is 11.1 Å². The molecule has 1 atom stereocenters. The minimum Gasteiger partial charge on any atom is -0.492 e. The second kappa shape index (κ2) is 7.29. The number of hydrogen-bond donors (Lipinski definition) is 1. The van der Waals surface area contributed by atoms with Crippen molar-refractivity contribution in [3.63, 3.8) is 0 Å². The van der Waals surface area contributed by atoms with E-state index in [0.29, 0.717) is 13.2 Å². The monoisotopic (exact) mass is 278 g/mol. The zero-order chi connectivity index (χ0) is 15.3. The number of nitrogens with two attached hydrogens (primary N) is 1. The first kappa shape index (κ1) is 16.5. The summed E-state index contributed by atoms with van der Waals surface area (Å²) >= 11 is 0. The van der Waals surface area contributed by atoms with E-state index in [1.807, 2.05) is 39.8 Å². The summed E-state index contributed by atoms with van der Waals surface area (Å²) in [5.74, 6) is 0.950. The van der Waals surface area contributed by atoms with E-state index in [4.69, 9.17) is 10.5 Å². The molecule has 1 amide bonds. The van der Waals surface area contributed by atoms with Crippen LogP contribution in [0.15, 0.2) is 18.2 Å². The molecule has 0 aliphatic rings. The topological polar surface area (TPSA) is 55.6 Å². The van der Waals surface area contributed by atoms with Gasteiger partial charge in [0.15, 0.2) is 0 Å². The Labute approximate surface area is 121 Å². The van der Waals surface area contributed by atoms with Crippen molar-refractivity contribution in [3.8, 4) is 5.75 Å². The van der Waals surface area contributed by atoms with Gasteiger partial charge in [-0.2, -0.15) is 0 Å². The molecule has 0 aliphatic carbocycles. The van der Waals surface area contributed by atoms with E-state index in [1.54, 1.807) is 11.9 Å². The Hall–Kier alpha value is -1.55. The van der Waals surface area contributed by atoms with Gasteiger partial charge in [-0.3, -0.25) is 4.79 Å². The van der Waals surface area contributed by atoms with E-state index >= 15 is 0 Å². The number of carbonyl (C=O) groups excluding carboxylic acids is 1. The number of rotatable bonds is 6. The van der Waals surface area contributed by atoms with E-state index in [0.717, 1.165) is 5.75 Å². The van der Waals surface area contributed by atoms with Crippen molar-refractivity contribution < 1.29 is 9.53 Å². The van der Waals surface area contributed by atoms with Gasteiger partial charge in [0, 0.05) is 7.05 Å². The van der Waals surface area contributed by atoms with Crippen LogP contribution in [0.1, 0.15) is 25.0 Å². The van der Waals surface area contributed by atoms with Gasteiger partial charge in [0.1, 0.15) is 12.4 Å². The maximum atomic E-state index is 12.0. The van der Waals surface area contributed by atoms with E-state index < -0.39 is 6.04 Å². The molecular weight excluding hydrogens is 252 g/mol. The lowest BCUT2D eigenvalue weighted by Crippen LogP contribution is -2.46. The largest absolute Gasteiger partial charge is 0.492 e. The number of likely N-dealkylation sites (N-methyl/N-ethyl adjacent to an activating group) is 1. The standard InChI is InChI=1S/C16H26N2O2/c1-11(2)15(17)16(19)18(5)6-7-20-14-9-12(3)8-13(4)10-14/h8-11,15H,6-7,17H2,1-5H3/t15-/m1/s1. The van der Waals surface area contributed by atoms with Crippen molar-refractivity contribution in [3.05, 3.63) is 29.3 Å². The quantitative estimate of drug-likeness (QED) is 0.867. The minimum atomic E-state index is -0.443. The zero-order valence-electron chi connectivity index (χ0n) is 13.1. The van der Waals surface area contributed by atoms with Gasteiger partial charge in [-0.15, -0.1) is 0 Å². The maximum Gasteiger partial charge on any atom is 0.239 e. The van der Waals surface area contributed by atoms with Crippen molar-refractivity contribution in [2.45, 2.75) is 33.7 Å². The highest BCUT2D eigenvalue weighted by atomic mass is 16.5. The molecule has 112 valence electrons. The van der Waals surface area contributed by atoms with Crippen molar-refractivity contribution in [2.75, 3.05) is 20.2 Å². The molecule has 0 radical (unpaired) electrons. The van der Waals surface area contributed by atoms with Crippen molar-refractivity contribution >= 4 is 5.91 Å². The second-order valence-electron chi connectivity index (χ2n) is 5.70. The van der Waals surface area contributed by atoms with Crippen molar-refractivity contribution in [1.82, 2.24) is 4.90 Å². The molecular formula is C16H26N2O2. The van der Waals surface area contributed by atoms with Crippen LogP contribution in [0.2, 0.25) is 0 Å². The van der Waals surface area contributed by atoms with Crippen LogP contribution in [0.25, 0.3) is 0 Å². The first-order valence-electron chi connectivity index (χ1n) is 7.03. The fraction of sp³-hybridized carbons (Fsp3) is 0.562. The summed E-state index contributed by atoms with van der Waals surface area (Å²) in [6.45, 7) is 8.97. The van der Waals surface area contributed by atoms with Gasteiger partial charge in [0.25, 0.3) is 0 Å². The SMILES string of the molecule is Cc1cc(C)cc(OCCN(C)C(=O)[C@H](N)C(C)C)c1. The van der Waals surface area contributed by atoms with Crippen LogP contribution in [0, 0.1) is 19.8 Å². The number of aryl methyl sites for hydroxylation is 2. The van der Waals surface area contributed by atoms with Gasteiger partial charge in [0.05, 0.1) is 12.6 Å². The smallest absolute Gasteiger partial charge is 0.239 e. The molecule has 20 heavy (non-hydrogen) atoms. The number of nitrogens with zero attached hydrogens (tertiary/aromatic N) is 1. The molecule has 0 unspecified atom stereocenters. The highest BCUT2D eigenvalue weighted by Crippen LogP contribution is 2.16. The van der Waals surface area contributed by atoms with Crippen molar-refractivity contribution in [1.29, 1.82) is 0 Å². The molecule has 0 saturated heterocycles. The lowest BCUT2D eigenvalue weighted by molar-refractivity contribution is -0.132. The summed E-state index contributed by atoms with van der Waals surface area (Å²) in [6.07, 6.45) is 0. The lowest BCUT2D eigenvalue weighted by Gasteiger charge is -2.23. The van der Waals surface area contributed by atoms with Crippen LogP contribution < -0.4 is 10.5 Å². The first-order chi connectivity index (χ1) is 9.31. The Morgan fingerprint density at radius 1 is 1.25 bits per heavy atom. The van der Waals surface area contributed by atoms with Gasteiger partial charge in [-0.25, -0.2) is 0 Å². The minimum absolute atomic E-state index is 0.0379. The molecule has 4 nitrogen and oxygen atoms in total. The average Bonchev–Trinajstić information content (AvgIpc) is 2.35. The van der Waals surface area contributed by atoms with Crippen LogP contribution in [0.5, 0.6) is 5.75 Å². The molecule has 1 aromatic carbocycles. The van der Waals surface area contributed by atoms with E-state index in [2.05, 4.69) is 6.07 Å². The summed E-state index contributed by atoms with van der Waals surface area (Å²) < 4.78 is 5.69. The fourth-order valence-electron chi connectivity index (χ4n) is 1.97. The van der Waals surface area contributed by atoms with E-state index in [-0.39, 0.29) is 11.8 Å². The molecule has 0 aromatic heterocycles. The van der Waals surface area contributed by atoms with Crippen LogP contribution in [0.3, 0.4) is 0 Å². The van der Waals surface area contributed by atoms with Crippen LogP contribution in [-0.2, 0) is 4.79 Å². The molecule has 1 rings (SSSR count). The molecule has 0 fully saturated rings. The number of hydrogen-bond acceptors (Lipinski definition) is 3. The molecule has 2 N–H and O–H groups in total. The number of carbonyl (C=O) groups is 1. The average molecular weight is 278 g/mol. The summed E-state index contributed by atoms with van der Waals surface area (Å²) in [6, 6.07) is 5.65. The number of ether oxygens (including phenoxy) is 1. The first-order valence-corrected chi connectivity index (χ1v) is 7.03. The Morgan fingerprint density at radius 3 is 2.30 bits per heavy atom. The Kier molecular flexibility index (Phi) is 6.02. The zero-order valence-corrected chi connectivity index (χ0v) is 13.1. The highest BCUT2D eigenvalue weighted by molar-refractivity contribution is 5.81. The third kappa shape index (κ3) is 4.85. The van der Waals surface area contributed by atoms with E-state index in [9.17, 15) is 4.79 Å².